The zero-order valence-electron chi connectivity index (χ0n) is 21.1. The number of likely N-dealkylation sites (tertiary alicyclic amines) is 2. The molecule has 1 atom stereocenters. The van der Waals surface area contributed by atoms with E-state index in [1.807, 2.05) is 12.1 Å². The molecule has 5 heteroatoms. The van der Waals surface area contributed by atoms with Crippen LogP contribution in [-0.2, 0) is 0 Å². The van der Waals surface area contributed by atoms with E-state index in [1.54, 1.807) is 12.1 Å². The predicted octanol–water partition coefficient (Wildman–Crippen LogP) is 5.99. The molecule has 1 aromatic carbocycles. The molecule has 4 nitrogen and oxygen atoms in total. The molecule has 4 bridgehead atoms. The molecule has 34 heavy (non-hydrogen) atoms. The lowest BCUT2D eigenvalue weighted by atomic mass is 9.53. The molecule has 2 amide bonds. The van der Waals surface area contributed by atoms with Gasteiger partial charge < -0.3 is 10.2 Å². The fraction of sp³-hybridized carbons (Fsp3) is 0.759. The summed E-state index contributed by atoms with van der Waals surface area (Å²) >= 11 is 0. The number of halogens is 1. The molecule has 1 unspecified atom stereocenters. The van der Waals surface area contributed by atoms with E-state index >= 15 is 0 Å². The van der Waals surface area contributed by atoms with E-state index in [0.29, 0.717) is 12.0 Å². The van der Waals surface area contributed by atoms with Crippen molar-refractivity contribution in [1.82, 2.24) is 15.1 Å². The maximum absolute atomic E-state index is 13.6. The van der Waals surface area contributed by atoms with Crippen molar-refractivity contribution in [3.8, 4) is 0 Å². The van der Waals surface area contributed by atoms with E-state index < -0.39 is 0 Å². The normalized spacial score (nSPS) is 36.2. The Labute approximate surface area is 204 Å². The molecule has 2 heterocycles. The van der Waals surface area contributed by atoms with E-state index in [1.165, 1.54) is 50.5 Å². The van der Waals surface area contributed by atoms with Gasteiger partial charge in [0.15, 0.2) is 0 Å². The van der Waals surface area contributed by atoms with Crippen molar-refractivity contribution in [1.29, 1.82) is 0 Å². The molecular formula is C29H42FN3O. The van der Waals surface area contributed by atoms with Gasteiger partial charge in [-0.05, 0) is 106 Å². The van der Waals surface area contributed by atoms with Crippen LogP contribution in [-0.4, -0.2) is 47.5 Å². The van der Waals surface area contributed by atoms with E-state index in [9.17, 15) is 9.18 Å². The van der Waals surface area contributed by atoms with E-state index in [4.69, 9.17) is 0 Å². The molecule has 4 saturated carbocycles. The highest BCUT2D eigenvalue weighted by atomic mass is 19.1. The molecule has 7 rings (SSSR count). The van der Waals surface area contributed by atoms with Crippen LogP contribution >= 0.6 is 0 Å². The van der Waals surface area contributed by atoms with Crippen LogP contribution in [0.1, 0.15) is 83.2 Å². The number of hydrogen-bond acceptors (Lipinski definition) is 2. The van der Waals surface area contributed by atoms with Crippen LogP contribution in [0.4, 0.5) is 9.18 Å². The summed E-state index contributed by atoms with van der Waals surface area (Å²) < 4.78 is 13.6. The van der Waals surface area contributed by atoms with E-state index in [2.05, 4.69) is 29.0 Å². The van der Waals surface area contributed by atoms with Gasteiger partial charge in [-0.1, -0.05) is 26.0 Å². The summed E-state index contributed by atoms with van der Waals surface area (Å²) in [6, 6.07) is 7.71. The number of nitrogens with zero attached hydrogens (tertiary/aromatic N) is 2. The molecule has 2 aliphatic heterocycles. The highest BCUT2D eigenvalue weighted by Gasteiger charge is 2.55. The first-order valence-electron chi connectivity index (χ1n) is 13.9. The van der Waals surface area contributed by atoms with Crippen molar-refractivity contribution in [3.05, 3.63) is 35.6 Å². The highest BCUT2D eigenvalue weighted by molar-refractivity contribution is 5.75. The zero-order chi connectivity index (χ0) is 23.5. The van der Waals surface area contributed by atoms with Gasteiger partial charge in [-0.25, -0.2) is 9.18 Å². The van der Waals surface area contributed by atoms with Gasteiger partial charge in [-0.3, -0.25) is 4.90 Å². The maximum Gasteiger partial charge on any atom is 0.317 e. The Balaban J connectivity index is 1.11. The van der Waals surface area contributed by atoms with Crippen LogP contribution in [0.2, 0.25) is 0 Å². The summed E-state index contributed by atoms with van der Waals surface area (Å²) in [5, 5.41) is 3.58. The van der Waals surface area contributed by atoms with Gasteiger partial charge in [0.2, 0.25) is 0 Å². The second kappa shape index (κ2) is 8.50. The minimum atomic E-state index is -0.165. The van der Waals surface area contributed by atoms with E-state index in [-0.39, 0.29) is 22.8 Å². The third kappa shape index (κ3) is 4.06. The Morgan fingerprint density at radius 2 is 1.62 bits per heavy atom. The topological polar surface area (TPSA) is 35.6 Å². The van der Waals surface area contributed by atoms with Gasteiger partial charge >= 0.3 is 6.03 Å². The van der Waals surface area contributed by atoms with Crippen molar-refractivity contribution in [2.45, 2.75) is 83.2 Å². The van der Waals surface area contributed by atoms with Crippen LogP contribution < -0.4 is 5.32 Å². The van der Waals surface area contributed by atoms with Crippen molar-refractivity contribution in [3.63, 3.8) is 0 Å². The molecule has 6 aliphatic rings. The summed E-state index contributed by atoms with van der Waals surface area (Å²) in [7, 11) is 0. The van der Waals surface area contributed by atoms with Gasteiger partial charge in [0.25, 0.3) is 0 Å². The van der Waals surface area contributed by atoms with Gasteiger partial charge in [0.1, 0.15) is 5.82 Å². The minimum Gasteiger partial charge on any atom is -0.333 e. The smallest absolute Gasteiger partial charge is 0.317 e. The van der Waals surface area contributed by atoms with Crippen molar-refractivity contribution >= 4 is 6.03 Å². The van der Waals surface area contributed by atoms with Gasteiger partial charge in [0, 0.05) is 36.6 Å². The Kier molecular flexibility index (Phi) is 5.70. The Morgan fingerprint density at radius 3 is 2.18 bits per heavy atom. The number of carbonyl (C=O) groups excluding carboxylic acids is 1. The summed E-state index contributed by atoms with van der Waals surface area (Å²) in [5.74, 6) is 3.06. The van der Waals surface area contributed by atoms with Gasteiger partial charge in [-0.15, -0.1) is 0 Å². The molecular weight excluding hydrogens is 425 g/mol. The first-order valence-corrected chi connectivity index (χ1v) is 13.9. The molecule has 2 saturated heterocycles. The highest BCUT2D eigenvalue weighted by Crippen LogP contribution is 2.57. The molecule has 6 fully saturated rings. The van der Waals surface area contributed by atoms with Crippen molar-refractivity contribution in [2.24, 2.45) is 29.1 Å². The summed E-state index contributed by atoms with van der Waals surface area (Å²) in [6.07, 6.45) is 11.1. The van der Waals surface area contributed by atoms with Crippen LogP contribution in [0.25, 0.3) is 0 Å². The Bertz CT molecular complexity index is 869. The largest absolute Gasteiger partial charge is 0.333 e. The molecule has 4 aliphatic carbocycles. The number of urea groups is 1. The average Bonchev–Trinajstić information content (AvgIpc) is 2.77. The quantitative estimate of drug-likeness (QED) is 0.577. The molecule has 0 radical (unpaired) electrons. The van der Waals surface area contributed by atoms with Gasteiger partial charge in [-0.2, -0.15) is 0 Å². The number of carbonyl (C=O) groups is 1. The SMILES string of the molecule is CC(C)CCN1CC2(CCN(C(=O)NC34CC5CC(CC(C5)C3)C4)CC2)C1c1ccc(F)cc1. The monoisotopic (exact) mass is 467 g/mol. The average molecular weight is 468 g/mol. The second-order valence-electron chi connectivity index (χ2n) is 13.1. The fourth-order valence-electron chi connectivity index (χ4n) is 8.86. The third-order valence-electron chi connectivity index (χ3n) is 10.1. The zero-order valence-corrected chi connectivity index (χ0v) is 21.1. The molecule has 186 valence electrons. The van der Waals surface area contributed by atoms with Crippen molar-refractivity contribution in [2.75, 3.05) is 26.2 Å². The summed E-state index contributed by atoms with van der Waals surface area (Å²) in [5.41, 5.74) is 1.54. The fourth-order valence-corrected chi connectivity index (χ4v) is 8.86. The predicted molar refractivity (Wildman–Crippen MR) is 133 cm³/mol. The molecule has 1 N–H and O–H groups in total. The summed E-state index contributed by atoms with van der Waals surface area (Å²) in [4.78, 5) is 18.1. The van der Waals surface area contributed by atoms with Crippen LogP contribution in [0.5, 0.6) is 0 Å². The number of piperidine rings is 1. The molecule has 1 aromatic rings. The van der Waals surface area contributed by atoms with Gasteiger partial charge in [0.05, 0.1) is 0 Å². The van der Waals surface area contributed by atoms with Crippen LogP contribution in [0.3, 0.4) is 0 Å². The Hall–Kier alpha value is -1.62. The lowest BCUT2D eigenvalue weighted by Gasteiger charge is -2.61. The standard InChI is InChI=1S/C29H42FN3O/c1-20(2)7-10-33-19-28(26(33)24-3-5-25(30)6-4-24)8-11-32(12-9-28)27(34)31-29-16-21-13-22(17-29)15-23(14-21)18-29/h3-6,20-23,26H,7-19H2,1-2H3,(H,31,34). The molecule has 0 aromatic heterocycles. The Morgan fingerprint density at radius 1 is 1.03 bits per heavy atom. The number of hydrogen-bond donors (Lipinski definition) is 1. The minimum absolute atomic E-state index is 0.0850. The third-order valence-corrected chi connectivity index (χ3v) is 10.1. The number of amides is 2. The number of rotatable bonds is 5. The number of nitrogens with one attached hydrogen (secondary N) is 1. The first-order chi connectivity index (χ1) is 16.3. The number of benzene rings is 1. The second-order valence-corrected chi connectivity index (χ2v) is 13.1. The van der Waals surface area contributed by atoms with Crippen molar-refractivity contribution < 1.29 is 9.18 Å². The lowest BCUT2D eigenvalue weighted by molar-refractivity contribution is -0.109. The van der Waals surface area contributed by atoms with Crippen LogP contribution in [0.15, 0.2) is 24.3 Å². The lowest BCUT2D eigenvalue weighted by Crippen LogP contribution is -2.65. The summed E-state index contributed by atoms with van der Waals surface area (Å²) in [6.45, 7) is 8.44. The maximum atomic E-state index is 13.6. The first kappa shape index (κ1) is 22.8. The van der Waals surface area contributed by atoms with E-state index in [0.717, 1.165) is 56.8 Å². The molecule has 1 spiro atoms. The van der Waals surface area contributed by atoms with Crippen LogP contribution in [0, 0.1) is 34.9 Å².